The van der Waals surface area contributed by atoms with E-state index in [1.165, 1.54) is 10.9 Å². The normalized spacial score (nSPS) is 16.6. The minimum atomic E-state index is -5.13. The molecule has 0 radical (unpaired) electrons. The van der Waals surface area contributed by atoms with Crippen molar-refractivity contribution in [1.29, 1.82) is 0 Å². The molecule has 1 saturated heterocycles. The fourth-order valence-corrected chi connectivity index (χ4v) is 4.51. The molecule has 3 heterocycles. The average Bonchev–Trinajstić information content (AvgIpc) is 3.18. The summed E-state index contributed by atoms with van der Waals surface area (Å²) in [5.74, 6) is -4.69. The van der Waals surface area contributed by atoms with Gasteiger partial charge in [0, 0.05) is 36.8 Å². The minimum Gasteiger partial charge on any atom is -0.503 e. The number of aryl methyl sites for hydroxylation is 1. The zero-order valence-electron chi connectivity index (χ0n) is 19.1. The Balaban J connectivity index is 1.56. The number of aromatic hydroxyl groups is 1. The van der Waals surface area contributed by atoms with Crippen molar-refractivity contribution in [3.8, 4) is 17.0 Å². The number of hydrogen-bond acceptors (Lipinski definition) is 5. The molecular formula is C25H21F5N4O2. The van der Waals surface area contributed by atoms with Crippen molar-refractivity contribution in [2.24, 2.45) is 7.05 Å². The van der Waals surface area contributed by atoms with Gasteiger partial charge in [0.25, 0.3) is 0 Å². The Morgan fingerprint density at radius 1 is 1.11 bits per heavy atom. The van der Waals surface area contributed by atoms with Crippen LogP contribution in [0.25, 0.3) is 22.2 Å². The molecule has 6 nitrogen and oxygen atoms in total. The SMILES string of the molecule is Cn1nc(-c2cc(C(F)(F)F)c(F)c(O)c2F)c2cnc(N3CCOC[C@H]3Cc3ccccc3)cc21. The summed E-state index contributed by atoms with van der Waals surface area (Å²) in [5, 5.41) is 14.2. The van der Waals surface area contributed by atoms with Gasteiger partial charge in [-0.3, -0.25) is 4.68 Å². The monoisotopic (exact) mass is 504 g/mol. The molecular weight excluding hydrogens is 483 g/mol. The fourth-order valence-electron chi connectivity index (χ4n) is 4.51. The molecule has 11 heteroatoms. The lowest BCUT2D eigenvalue weighted by molar-refractivity contribution is -0.140. The number of hydrogen-bond donors (Lipinski definition) is 1. The molecule has 4 aromatic rings. The van der Waals surface area contributed by atoms with E-state index in [0.717, 1.165) is 12.0 Å². The van der Waals surface area contributed by atoms with Crippen molar-refractivity contribution < 1.29 is 31.8 Å². The van der Waals surface area contributed by atoms with Crippen LogP contribution in [0.5, 0.6) is 5.75 Å². The maximum Gasteiger partial charge on any atom is 0.419 e. The van der Waals surface area contributed by atoms with E-state index in [9.17, 15) is 27.1 Å². The number of alkyl halides is 3. The van der Waals surface area contributed by atoms with E-state index in [1.54, 1.807) is 13.1 Å². The highest BCUT2D eigenvalue weighted by Crippen LogP contribution is 2.41. The van der Waals surface area contributed by atoms with Crippen molar-refractivity contribution in [3.05, 3.63) is 71.4 Å². The number of fused-ring (bicyclic) bond motifs is 1. The highest BCUT2D eigenvalue weighted by molar-refractivity contribution is 5.94. The summed E-state index contributed by atoms with van der Waals surface area (Å²) in [6, 6.07) is 12.0. The predicted octanol–water partition coefficient (Wildman–Crippen LogP) is 5.09. The number of aromatic nitrogens is 3. The van der Waals surface area contributed by atoms with Crippen molar-refractivity contribution in [3.63, 3.8) is 0 Å². The Labute approximate surface area is 202 Å². The van der Waals surface area contributed by atoms with Gasteiger partial charge in [0.1, 0.15) is 11.5 Å². The number of pyridine rings is 1. The number of anilines is 1. The van der Waals surface area contributed by atoms with E-state index in [0.29, 0.717) is 37.2 Å². The van der Waals surface area contributed by atoms with Crippen molar-refractivity contribution in [2.45, 2.75) is 18.6 Å². The first kappa shape index (κ1) is 24.0. The molecule has 0 spiro atoms. The van der Waals surface area contributed by atoms with Gasteiger partial charge in [-0.2, -0.15) is 18.3 Å². The minimum absolute atomic E-state index is 0.000341. The largest absolute Gasteiger partial charge is 0.503 e. The quantitative estimate of drug-likeness (QED) is 0.393. The first-order valence-electron chi connectivity index (χ1n) is 11.1. The number of phenolic OH excluding ortho intramolecular Hbond substituents is 1. The van der Waals surface area contributed by atoms with Crippen LogP contribution in [-0.4, -0.2) is 45.7 Å². The molecule has 1 aliphatic heterocycles. The number of halogens is 5. The maximum absolute atomic E-state index is 14.7. The Hall–Kier alpha value is -3.73. The summed E-state index contributed by atoms with van der Waals surface area (Å²) in [6.07, 6.45) is -3.02. The highest BCUT2D eigenvalue weighted by Gasteiger charge is 2.38. The van der Waals surface area contributed by atoms with Gasteiger partial charge in [-0.25, -0.2) is 13.8 Å². The number of morpholine rings is 1. The molecule has 0 amide bonds. The lowest BCUT2D eigenvalue weighted by atomic mass is 10.0. The summed E-state index contributed by atoms with van der Waals surface area (Å²) in [7, 11) is 1.56. The molecule has 0 aliphatic carbocycles. The van der Waals surface area contributed by atoms with E-state index in [2.05, 4.69) is 15.0 Å². The standard InChI is InChI=1S/C25H21F5N4O2/c1-33-19-11-20(34-7-8-36-13-15(34)9-14-5-3-2-4-6-14)31-12-17(19)23(32-33)16-10-18(25(28,29)30)22(27)24(35)21(16)26/h2-6,10-12,15,35H,7-9,13H2,1H3/t15-/m1/s1. The summed E-state index contributed by atoms with van der Waals surface area (Å²) in [4.78, 5) is 6.59. The zero-order valence-corrected chi connectivity index (χ0v) is 19.1. The molecule has 0 bridgehead atoms. The molecule has 1 fully saturated rings. The molecule has 1 aliphatic rings. The number of ether oxygens (including phenoxy) is 1. The number of benzene rings is 2. The van der Waals surface area contributed by atoms with Crippen LogP contribution in [0.1, 0.15) is 11.1 Å². The summed E-state index contributed by atoms with van der Waals surface area (Å²) < 4.78 is 75.7. The molecule has 5 rings (SSSR count). The van der Waals surface area contributed by atoms with Crippen LogP contribution in [0.3, 0.4) is 0 Å². The lowest BCUT2D eigenvalue weighted by Crippen LogP contribution is -2.47. The fraction of sp³-hybridized carbons (Fsp3) is 0.280. The Morgan fingerprint density at radius 2 is 1.86 bits per heavy atom. The maximum atomic E-state index is 14.7. The molecule has 1 N–H and O–H groups in total. The van der Waals surface area contributed by atoms with Gasteiger partial charge in [0.15, 0.2) is 17.4 Å². The van der Waals surface area contributed by atoms with Crippen LogP contribution in [0.2, 0.25) is 0 Å². The zero-order chi connectivity index (χ0) is 25.6. The van der Waals surface area contributed by atoms with E-state index >= 15 is 0 Å². The molecule has 0 unspecified atom stereocenters. The van der Waals surface area contributed by atoms with E-state index in [1.807, 2.05) is 30.3 Å². The van der Waals surface area contributed by atoms with Gasteiger partial charge in [0.2, 0.25) is 0 Å². The lowest BCUT2D eigenvalue weighted by Gasteiger charge is -2.36. The molecule has 0 saturated carbocycles. The average molecular weight is 504 g/mol. The first-order chi connectivity index (χ1) is 17.1. The van der Waals surface area contributed by atoms with Crippen molar-refractivity contribution in [1.82, 2.24) is 14.8 Å². The van der Waals surface area contributed by atoms with E-state index in [-0.39, 0.29) is 17.1 Å². The Morgan fingerprint density at radius 3 is 2.58 bits per heavy atom. The van der Waals surface area contributed by atoms with Gasteiger partial charge in [-0.05, 0) is 18.1 Å². The second kappa shape index (κ2) is 9.05. The third-order valence-corrected chi connectivity index (χ3v) is 6.30. The van der Waals surface area contributed by atoms with Gasteiger partial charge in [-0.1, -0.05) is 30.3 Å². The molecule has 36 heavy (non-hydrogen) atoms. The third-order valence-electron chi connectivity index (χ3n) is 6.30. The van der Waals surface area contributed by atoms with Gasteiger partial charge < -0.3 is 14.7 Å². The number of phenols is 1. The molecule has 2 aromatic heterocycles. The van der Waals surface area contributed by atoms with Crippen LogP contribution in [0, 0.1) is 11.6 Å². The van der Waals surface area contributed by atoms with E-state index < -0.39 is 34.7 Å². The second-order valence-electron chi connectivity index (χ2n) is 8.59. The Bertz CT molecular complexity index is 1420. The summed E-state index contributed by atoms with van der Waals surface area (Å²) in [6.45, 7) is 1.57. The van der Waals surface area contributed by atoms with Crippen LogP contribution in [0.4, 0.5) is 27.8 Å². The number of rotatable bonds is 4. The topological polar surface area (TPSA) is 63.4 Å². The second-order valence-corrected chi connectivity index (χ2v) is 8.59. The van der Waals surface area contributed by atoms with Crippen molar-refractivity contribution in [2.75, 3.05) is 24.7 Å². The van der Waals surface area contributed by atoms with Gasteiger partial charge >= 0.3 is 6.18 Å². The molecule has 2 aromatic carbocycles. The third kappa shape index (κ3) is 4.23. The van der Waals surface area contributed by atoms with Gasteiger partial charge in [0.05, 0.1) is 30.3 Å². The predicted molar refractivity (Wildman–Crippen MR) is 123 cm³/mol. The molecule has 1 atom stereocenters. The summed E-state index contributed by atoms with van der Waals surface area (Å²) in [5.41, 5.74) is -1.02. The smallest absolute Gasteiger partial charge is 0.419 e. The van der Waals surface area contributed by atoms with E-state index in [4.69, 9.17) is 4.74 Å². The van der Waals surface area contributed by atoms with Crippen LogP contribution in [-0.2, 0) is 24.4 Å². The summed E-state index contributed by atoms with van der Waals surface area (Å²) >= 11 is 0. The number of nitrogens with zero attached hydrogens (tertiary/aromatic N) is 4. The highest BCUT2D eigenvalue weighted by atomic mass is 19.4. The van der Waals surface area contributed by atoms with Crippen LogP contribution < -0.4 is 4.90 Å². The van der Waals surface area contributed by atoms with Gasteiger partial charge in [-0.15, -0.1) is 0 Å². The Kier molecular flexibility index (Phi) is 6.03. The van der Waals surface area contributed by atoms with Crippen LogP contribution >= 0.6 is 0 Å². The molecule has 188 valence electrons. The first-order valence-corrected chi connectivity index (χ1v) is 11.1. The van der Waals surface area contributed by atoms with Crippen molar-refractivity contribution >= 4 is 16.7 Å². The van der Waals surface area contributed by atoms with Crippen LogP contribution in [0.15, 0.2) is 48.7 Å².